The van der Waals surface area contributed by atoms with E-state index in [1.165, 1.54) is 4.68 Å². The number of fused-ring (bicyclic) bond motifs is 1. The number of alkyl halides is 2. The molecular weight excluding hydrogens is 871 g/mol. The standard InChI is InChI=1S/C33H39ClFI2N5O6/c1-19(41-15-8-6-5-7-9-26(41)44)28-27-21(13-16-42(28)31(45)22-17-20(43)12-14-33(22,2)32(46)48-36)23(34)10-11-25(27)47-18-24-29(30(35)37-3)40(4)39-38-24/h6-7,10-11,19-20,22,28,30,43H,3,8-9,12-18H2,1-2,4H3/t5?,19-,20-,22+,28?,30?,33+/m1/s1. The van der Waals surface area contributed by atoms with Gasteiger partial charge in [0, 0.05) is 30.7 Å². The second-order valence-corrected chi connectivity index (χ2v) is 15.4. The minimum atomic E-state index is -1.28. The number of aliphatic hydroxyl groups is 1. The van der Waals surface area contributed by atoms with Crippen LogP contribution in [0.15, 0.2) is 30.0 Å². The molecule has 1 aromatic heterocycles. The predicted molar refractivity (Wildman–Crippen MR) is 195 cm³/mol. The van der Waals surface area contributed by atoms with Crippen LogP contribution in [0.1, 0.15) is 78.7 Å². The molecule has 0 saturated heterocycles. The molecule has 3 heterocycles. The van der Waals surface area contributed by atoms with Gasteiger partial charge >= 0.3 is 5.97 Å². The summed E-state index contributed by atoms with van der Waals surface area (Å²) in [6.45, 7) is 4.19. The van der Waals surface area contributed by atoms with Crippen molar-refractivity contribution in [2.45, 2.75) is 81.3 Å². The first kappa shape index (κ1) is 36.9. The van der Waals surface area contributed by atoms with Crippen LogP contribution < -0.4 is 4.74 Å². The Morgan fingerprint density at radius 3 is 2.83 bits per heavy atom. The molecule has 1 aliphatic carbocycles. The van der Waals surface area contributed by atoms with Crippen LogP contribution in [0, 0.1) is 11.3 Å². The van der Waals surface area contributed by atoms with Crippen LogP contribution in [0.3, 0.4) is 0 Å². The maximum Gasteiger partial charge on any atom is 0.322 e. The Balaban J connectivity index is 1.61. The topological polar surface area (TPSA) is 127 Å². The summed E-state index contributed by atoms with van der Waals surface area (Å²) in [7, 11) is 1.62. The van der Waals surface area contributed by atoms with Gasteiger partial charge < -0.3 is 22.7 Å². The number of hydrogen-bond donors (Lipinski definition) is 1. The first-order valence-corrected chi connectivity index (χ1v) is 19.8. The summed E-state index contributed by atoms with van der Waals surface area (Å²) in [6, 6.07) is 2.17. The molecule has 2 aliphatic heterocycles. The Kier molecular flexibility index (Phi) is 12.0. The zero-order valence-corrected chi connectivity index (χ0v) is 32.1. The first-order chi connectivity index (χ1) is 22.9. The molecule has 1 N–H and O–H groups in total. The summed E-state index contributed by atoms with van der Waals surface area (Å²) >= 11 is 7.34. The number of hydrogen-bond acceptors (Lipinski definition) is 8. The molecule has 1 aromatic carbocycles. The SMILES string of the molecule is C=IC(F)c1c(COc2ccc(Cl)c3c2C([C@@H](C)N2CCC=C=CCC2=O)N(C(=O)[C@@H]2C[C@H](O)CC[C@]2(C)C(=O)OI)CC3)nnn1C. The van der Waals surface area contributed by atoms with Crippen molar-refractivity contribution in [2.24, 2.45) is 18.4 Å². The number of aryl methyl sites for hydroxylation is 1. The second-order valence-electron chi connectivity index (χ2n) is 12.6. The van der Waals surface area contributed by atoms with Gasteiger partial charge in [-0.1, -0.05) is 42.1 Å². The van der Waals surface area contributed by atoms with Crippen molar-refractivity contribution in [3.8, 4) is 5.75 Å². The molecule has 6 atom stereocenters. The van der Waals surface area contributed by atoms with Gasteiger partial charge in [0.05, 0.1) is 35.9 Å². The molecule has 5 rings (SSSR count). The molecule has 2 amide bonds. The Labute approximate surface area is 308 Å². The number of amides is 2. The van der Waals surface area contributed by atoms with Crippen LogP contribution in [0.5, 0.6) is 5.75 Å². The molecule has 2 unspecified atom stereocenters. The van der Waals surface area contributed by atoms with Gasteiger partial charge in [-0.2, -0.15) is 0 Å². The number of benzene rings is 1. The second kappa shape index (κ2) is 15.7. The monoisotopic (exact) mass is 909 g/mol. The number of aliphatic hydroxyl groups excluding tert-OH is 1. The molecular formula is C33H39ClFI2N5O6. The van der Waals surface area contributed by atoms with Crippen LogP contribution in [-0.4, -0.2) is 77.4 Å². The van der Waals surface area contributed by atoms with E-state index >= 15 is 0 Å². The summed E-state index contributed by atoms with van der Waals surface area (Å²) in [4.78, 5) is 45.0. The number of aromatic nitrogens is 3. The van der Waals surface area contributed by atoms with Gasteiger partial charge in [0.15, 0.2) is 27.2 Å². The number of halogens is 4. The maximum absolute atomic E-state index is 14.9. The van der Waals surface area contributed by atoms with E-state index in [1.54, 1.807) is 65.0 Å². The highest BCUT2D eigenvalue weighted by atomic mass is 127. The Morgan fingerprint density at radius 1 is 1.33 bits per heavy atom. The van der Waals surface area contributed by atoms with Crippen molar-refractivity contribution >= 4 is 77.6 Å². The normalized spacial score (nSPS) is 25.6. The zero-order valence-electron chi connectivity index (χ0n) is 27.0. The van der Waals surface area contributed by atoms with Gasteiger partial charge in [0.25, 0.3) is 0 Å². The number of ether oxygens (including phenoxy) is 1. The first-order valence-electron chi connectivity index (χ1n) is 15.8. The van der Waals surface area contributed by atoms with Crippen molar-refractivity contribution in [2.75, 3.05) is 13.1 Å². The van der Waals surface area contributed by atoms with E-state index in [2.05, 4.69) is 20.6 Å². The summed E-state index contributed by atoms with van der Waals surface area (Å²) in [5, 5.41) is 19.4. The van der Waals surface area contributed by atoms with Crippen molar-refractivity contribution in [3.63, 3.8) is 0 Å². The summed E-state index contributed by atoms with van der Waals surface area (Å²) in [6.07, 6.45) is 4.67. The number of carbonyl (C=O) groups excluding carboxylic acids is 3. The number of carbonyl (C=O) groups is 3. The van der Waals surface area contributed by atoms with Crippen LogP contribution in [0.4, 0.5) is 4.39 Å². The minimum Gasteiger partial charge on any atom is -0.487 e. The predicted octanol–water partition coefficient (Wildman–Crippen LogP) is 5.63. The fourth-order valence-corrected chi connectivity index (χ4v) is 9.09. The molecule has 1 saturated carbocycles. The average molecular weight is 910 g/mol. The summed E-state index contributed by atoms with van der Waals surface area (Å²) in [5.74, 6) is -1.41. The third-order valence-electron chi connectivity index (χ3n) is 9.83. The molecule has 260 valence electrons. The molecule has 3 aliphatic rings. The van der Waals surface area contributed by atoms with Gasteiger partial charge in [-0.3, -0.25) is 14.4 Å². The quantitative estimate of drug-likeness (QED) is 0.195. The van der Waals surface area contributed by atoms with Crippen molar-refractivity contribution in [1.82, 2.24) is 24.8 Å². The Bertz CT molecular complexity index is 1650. The molecule has 2 aromatic rings. The van der Waals surface area contributed by atoms with Crippen LogP contribution in [0.2, 0.25) is 5.02 Å². The van der Waals surface area contributed by atoms with E-state index in [0.717, 1.165) is 5.56 Å². The van der Waals surface area contributed by atoms with Crippen LogP contribution in [-0.2, 0) is 37.5 Å². The van der Waals surface area contributed by atoms with Crippen molar-refractivity contribution < 1.29 is 31.7 Å². The van der Waals surface area contributed by atoms with E-state index in [0.29, 0.717) is 53.5 Å². The fourth-order valence-electron chi connectivity index (χ4n) is 7.15. The lowest BCUT2D eigenvalue weighted by molar-refractivity contribution is -0.162. The fraction of sp³-hybridized carbons (Fsp3) is 0.545. The van der Waals surface area contributed by atoms with Gasteiger partial charge in [-0.15, -0.1) is 10.8 Å². The molecule has 0 radical (unpaired) electrons. The van der Waals surface area contributed by atoms with Crippen molar-refractivity contribution in [1.29, 1.82) is 0 Å². The highest BCUT2D eigenvalue weighted by Gasteiger charge is 2.53. The summed E-state index contributed by atoms with van der Waals surface area (Å²) < 4.78 is 30.3. The third kappa shape index (κ3) is 7.23. The highest BCUT2D eigenvalue weighted by Crippen LogP contribution is 2.48. The van der Waals surface area contributed by atoms with Gasteiger partial charge in [0.1, 0.15) is 23.7 Å². The minimum absolute atomic E-state index is 0.0942. The van der Waals surface area contributed by atoms with Gasteiger partial charge in [-0.25, -0.2) is 9.07 Å². The van der Waals surface area contributed by atoms with E-state index in [-0.39, 0.29) is 44.2 Å². The van der Waals surface area contributed by atoms with Crippen molar-refractivity contribution in [3.05, 3.63) is 57.6 Å². The van der Waals surface area contributed by atoms with Gasteiger partial charge in [-0.05, 0) is 75.8 Å². The Hall–Kier alpha value is -2.40. The maximum atomic E-state index is 14.9. The van der Waals surface area contributed by atoms with E-state index < -0.39 is 60.4 Å². The van der Waals surface area contributed by atoms with Crippen LogP contribution >= 0.6 is 55.3 Å². The summed E-state index contributed by atoms with van der Waals surface area (Å²) in [5.41, 5.74) is 3.93. The molecule has 15 heteroatoms. The zero-order chi connectivity index (χ0) is 34.7. The largest absolute Gasteiger partial charge is 0.487 e. The van der Waals surface area contributed by atoms with Gasteiger partial charge in [0.2, 0.25) is 11.8 Å². The van der Waals surface area contributed by atoms with E-state index in [4.69, 9.17) is 19.4 Å². The smallest absolute Gasteiger partial charge is 0.322 e. The lowest BCUT2D eigenvalue weighted by atomic mass is 9.65. The highest BCUT2D eigenvalue weighted by molar-refractivity contribution is 14.2. The van der Waals surface area contributed by atoms with E-state index in [1.807, 2.05) is 13.0 Å². The number of rotatable bonds is 9. The third-order valence-corrected chi connectivity index (χ3v) is 11.9. The number of nitrogens with zero attached hydrogens (tertiary/aromatic N) is 5. The molecule has 11 nitrogen and oxygen atoms in total. The van der Waals surface area contributed by atoms with Crippen LogP contribution in [0.25, 0.3) is 0 Å². The molecule has 0 spiro atoms. The molecule has 0 bridgehead atoms. The average Bonchev–Trinajstić information content (AvgIpc) is 3.45. The Morgan fingerprint density at radius 2 is 2.10 bits per heavy atom. The molecule has 48 heavy (non-hydrogen) atoms. The lowest BCUT2D eigenvalue weighted by Crippen LogP contribution is -2.56. The van der Waals surface area contributed by atoms with E-state index in [9.17, 15) is 23.9 Å². The lowest BCUT2D eigenvalue weighted by Gasteiger charge is -2.48. The molecule has 1 fully saturated rings.